The molecule has 1 heterocycles. The molecule has 0 fully saturated rings. The van der Waals surface area contributed by atoms with Gasteiger partial charge >= 0.3 is 5.69 Å². The highest BCUT2D eigenvalue weighted by atomic mass is 127. The predicted molar refractivity (Wildman–Crippen MR) is 88.2 cm³/mol. The first-order valence-corrected chi connectivity index (χ1v) is 7.76. The molecule has 6 heteroatoms. The standard InChI is InChI=1S/C15H16FIN2O2/c1-3-6-18-9-13(17)14(20)19(15(18)21)8-11-7-12(16)5-4-10(11)2/h4-5,7,9H,3,6,8H2,1-2H3. The van der Waals surface area contributed by atoms with Crippen LogP contribution in [0.5, 0.6) is 0 Å². The molecule has 0 saturated heterocycles. The molecule has 0 N–H and O–H groups in total. The summed E-state index contributed by atoms with van der Waals surface area (Å²) in [5.41, 5.74) is 0.797. The topological polar surface area (TPSA) is 44.0 Å². The Bertz CT molecular complexity index is 780. The van der Waals surface area contributed by atoms with Gasteiger partial charge in [0.15, 0.2) is 0 Å². The number of hydrogen-bond acceptors (Lipinski definition) is 2. The van der Waals surface area contributed by atoms with Crippen LogP contribution in [0.4, 0.5) is 4.39 Å². The van der Waals surface area contributed by atoms with Crippen LogP contribution < -0.4 is 11.2 Å². The fraction of sp³-hybridized carbons (Fsp3) is 0.333. The Morgan fingerprint density at radius 1 is 1.29 bits per heavy atom. The summed E-state index contributed by atoms with van der Waals surface area (Å²) >= 11 is 1.92. The van der Waals surface area contributed by atoms with Crippen molar-refractivity contribution in [1.29, 1.82) is 0 Å². The zero-order valence-electron chi connectivity index (χ0n) is 11.9. The van der Waals surface area contributed by atoms with E-state index in [2.05, 4.69) is 0 Å². The van der Waals surface area contributed by atoms with E-state index in [1.54, 1.807) is 12.3 Å². The highest BCUT2D eigenvalue weighted by Gasteiger charge is 2.11. The number of aromatic nitrogens is 2. The van der Waals surface area contributed by atoms with E-state index in [1.165, 1.54) is 21.3 Å². The van der Waals surface area contributed by atoms with Gasteiger partial charge in [0.2, 0.25) is 0 Å². The molecule has 0 aliphatic heterocycles. The quantitative estimate of drug-likeness (QED) is 0.738. The molecule has 0 aliphatic carbocycles. The Hall–Kier alpha value is -1.44. The van der Waals surface area contributed by atoms with Gasteiger partial charge in [-0.05, 0) is 59.2 Å². The van der Waals surface area contributed by atoms with Gasteiger partial charge in [-0.15, -0.1) is 0 Å². The molecule has 4 nitrogen and oxygen atoms in total. The number of aryl methyl sites for hydroxylation is 2. The molecule has 21 heavy (non-hydrogen) atoms. The van der Waals surface area contributed by atoms with E-state index in [4.69, 9.17) is 0 Å². The molecule has 2 rings (SSSR count). The molecular weight excluding hydrogens is 386 g/mol. The average molecular weight is 402 g/mol. The summed E-state index contributed by atoms with van der Waals surface area (Å²) in [4.78, 5) is 24.6. The summed E-state index contributed by atoms with van der Waals surface area (Å²) in [7, 11) is 0. The van der Waals surface area contributed by atoms with Gasteiger partial charge in [-0.25, -0.2) is 9.18 Å². The third-order valence-electron chi connectivity index (χ3n) is 3.30. The number of halogens is 2. The molecule has 0 amide bonds. The lowest BCUT2D eigenvalue weighted by Gasteiger charge is -2.12. The number of nitrogens with zero attached hydrogens (tertiary/aromatic N) is 2. The van der Waals surface area contributed by atoms with Crippen LogP contribution in [0.1, 0.15) is 24.5 Å². The van der Waals surface area contributed by atoms with Crippen LogP contribution in [0.2, 0.25) is 0 Å². The summed E-state index contributed by atoms with van der Waals surface area (Å²) in [5.74, 6) is -0.372. The molecule has 0 saturated carbocycles. The van der Waals surface area contributed by atoms with Crippen molar-refractivity contribution in [3.05, 3.63) is 65.7 Å². The summed E-state index contributed by atoms with van der Waals surface area (Å²) in [6, 6.07) is 4.38. The van der Waals surface area contributed by atoms with Crippen LogP contribution in [-0.4, -0.2) is 9.13 Å². The van der Waals surface area contributed by atoms with Gasteiger partial charge in [-0.3, -0.25) is 13.9 Å². The van der Waals surface area contributed by atoms with Crippen molar-refractivity contribution in [3.8, 4) is 0 Å². The summed E-state index contributed by atoms with van der Waals surface area (Å²) in [5, 5.41) is 0. The second-order valence-corrected chi connectivity index (χ2v) is 6.08. The van der Waals surface area contributed by atoms with E-state index in [-0.39, 0.29) is 23.6 Å². The number of rotatable bonds is 4. The van der Waals surface area contributed by atoms with Crippen LogP contribution in [-0.2, 0) is 13.1 Å². The average Bonchev–Trinajstić information content (AvgIpc) is 2.44. The summed E-state index contributed by atoms with van der Waals surface area (Å²) in [6.45, 7) is 4.43. The Morgan fingerprint density at radius 3 is 2.67 bits per heavy atom. The Labute approximate surface area is 135 Å². The van der Waals surface area contributed by atoms with E-state index in [0.717, 1.165) is 12.0 Å². The molecule has 1 aromatic heterocycles. The summed E-state index contributed by atoms with van der Waals surface area (Å²) < 4.78 is 16.5. The Morgan fingerprint density at radius 2 is 2.00 bits per heavy atom. The number of benzene rings is 1. The molecule has 0 unspecified atom stereocenters. The zero-order valence-corrected chi connectivity index (χ0v) is 14.1. The van der Waals surface area contributed by atoms with E-state index in [1.807, 2.05) is 36.4 Å². The fourth-order valence-electron chi connectivity index (χ4n) is 2.14. The molecule has 112 valence electrons. The molecule has 0 atom stereocenters. The first-order valence-electron chi connectivity index (χ1n) is 6.69. The van der Waals surface area contributed by atoms with Crippen molar-refractivity contribution in [2.45, 2.75) is 33.4 Å². The smallest absolute Gasteiger partial charge is 0.299 e. The first-order chi connectivity index (χ1) is 9.93. The van der Waals surface area contributed by atoms with Crippen LogP contribution in [0.15, 0.2) is 34.0 Å². The van der Waals surface area contributed by atoms with E-state index < -0.39 is 0 Å². The maximum atomic E-state index is 13.4. The second kappa shape index (κ2) is 6.55. The SMILES string of the molecule is CCCn1cc(I)c(=O)n(Cc2cc(F)ccc2C)c1=O. The zero-order chi connectivity index (χ0) is 15.6. The lowest BCUT2D eigenvalue weighted by molar-refractivity contribution is 0.563. The van der Waals surface area contributed by atoms with Crippen LogP contribution in [0.3, 0.4) is 0 Å². The molecule has 0 aliphatic rings. The Balaban J connectivity index is 2.56. The van der Waals surface area contributed by atoms with Gasteiger partial charge in [-0.1, -0.05) is 13.0 Å². The van der Waals surface area contributed by atoms with Crippen molar-refractivity contribution in [3.63, 3.8) is 0 Å². The van der Waals surface area contributed by atoms with Gasteiger partial charge in [0.25, 0.3) is 5.56 Å². The molecule has 0 radical (unpaired) electrons. The maximum Gasteiger partial charge on any atom is 0.331 e. The van der Waals surface area contributed by atoms with Crippen molar-refractivity contribution in [1.82, 2.24) is 9.13 Å². The van der Waals surface area contributed by atoms with E-state index in [0.29, 0.717) is 15.7 Å². The minimum absolute atomic E-state index is 0.0851. The third kappa shape index (κ3) is 3.42. The van der Waals surface area contributed by atoms with Crippen LogP contribution in [0, 0.1) is 16.3 Å². The molecule has 2 aromatic rings. The fourth-order valence-corrected chi connectivity index (χ4v) is 2.77. The van der Waals surface area contributed by atoms with E-state index >= 15 is 0 Å². The molecule has 0 bridgehead atoms. The highest BCUT2D eigenvalue weighted by Crippen LogP contribution is 2.11. The lowest BCUT2D eigenvalue weighted by atomic mass is 10.1. The van der Waals surface area contributed by atoms with Crippen molar-refractivity contribution < 1.29 is 4.39 Å². The minimum atomic E-state index is -0.372. The normalized spacial score (nSPS) is 10.9. The van der Waals surface area contributed by atoms with E-state index in [9.17, 15) is 14.0 Å². The highest BCUT2D eigenvalue weighted by molar-refractivity contribution is 14.1. The second-order valence-electron chi connectivity index (χ2n) is 4.92. The maximum absolute atomic E-state index is 13.4. The third-order valence-corrected chi connectivity index (χ3v) is 4.04. The molecular formula is C15H16FIN2O2. The number of hydrogen-bond donors (Lipinski definition) is 0. The summed E-state index contributed by atoms with van der Waals surface area (Å²) in [6.07, 6.45) is 2.37. The van der Waals surface area contributed by atoms with Gasteiger partial charge < -0.3 is 0 Å². The Kier molecular flexibility index (Phi) is 4.97. The van der Waals surface area contributed by atoms with Crippen molar-refractivity contribution >= 4 is 22.6 Å². The largest absolute Gasteiger partial charge is 0.331 e. The van der Waals surface area contributed by atoms with Crippen molar-refractivity contribution in [2.24, 2.45) is 0 Å². The van der Waals surface area contributed by atoms with Crippen LogP contribution >= 0.6 is 22.6 Å². The molecule has 0 spiro atoms. The van der Waals surface area contributed by atoms with Gasteiger partial charge in [0.1, 0.15) is 5.82 Å². The first kappa shape index (κ1) is 15.9. The lowest BCUT2D eigenvalue weighted by Crippen LogP contribution is -2.41. The van der Waals surface area contributed by atoms with Crippen molar-refractivity contribution in [2.75, 3.05) is 0 Å². The monoisotopic (exact) mass is 402 g/mol. The predicted octanol–water partition coefficient (Wildman–Crippen LogP) is 2.52. The van der Waals surface area contributed by atoms with Gasteiger partial charge in [0.05, 0.1) is 10.1 Å². The van der Waals surface area contributed by atoms with Gasteiger partial charge in [-0.2, -0.15) is 0 Å². The van der Waals surface area contributed by atoms with Crippen LogP contribution in [0.25, 0.3) is 0 Å². The van der Waals surface area contributed by atoms with Gasteiger partial charge in [0, 0.05) is 12.7 Å². The minimum Gasteiger partial charge on any atom is -0.299 e. The molecule has 1 aromatic carbocycles.